The summed E-state index contributed by atoms with van der Waals surface area (Å²) in [7, 11) is 0. The second-order valence-electron chi connectivity index (χ2n) is 1.96. The van der Waals surface area contributed by atoms with Gasteiger partial charge >= 0.3 is 11.9 Å². The first-order chi connectivity index (χ1) is 6.17. The van der Waals surface area contributed by atoms with Crippen molar-refractivity contribution in [1.82, 2.24) is 0 Å². The maximum Gasteiger partial charge on any atom is 0.346 e. The molecule has 0 heterocycles. The van der Waals surface area contributed by atoms with E-state index < -0.39 is 11.9 Å². The molecule has 4 nitrogen and oxygen atoms in total. The maximum absolute atomic E-state index is 11.0. The van der Waals surface area contributed by atoms with Crippen molar-refractivity contribution in [2.75, 3.05) is 13.2 Å². The van der Waals surface area contributed by atoms with Gasteiger partial charge in [-0.1, -0.05) is 11.6 Å². The summed E-state index contributed by atoms with van der Waals surface area (Å²) in [6.45, 7) is 3.64. The van der Waals surface area contributed by atoms with E-state index in [9.17, 15) is 9.59 Å². The van der Waals surface area contributed by atoms with Crippen molar-refractivity contribution in [1.29, 1.82) is 0 Å². The summed E-state index contributed by atoms with van der Waals surface area (Å²) in [6.07, 6.45) is 0. The van der Waals surface area contributed by atoms with E-state index in [-0.39, 0.29) is 18.8 Å². The van der Waals surface area contributed by atoms with Crippen LogP contribution < -0.4 is 0 Å². The predicted molar refractivity (Wildman–Crippen MR) is 47.2 cm³/mol. The zero-order chi connectivity index (χ0) is 10.3. The lowest BCUT2D eigenvalue weighted by Crippen LogP contribution is -2.17. The molecule has 0 aromatic rings. The largest absolute Gasteiger partial charge is 0.462 e. The van der Waals surface area contributed by atoms with Crippen LogP contribution in [0.25, 0.3) is 0 Å². The van der Waals surface area contributed by atoms with Crippen LogP contribution in [-0.2, 0) is 19.1 Å². The van der Waals surface area contributed by atoms with E-state index in [0.29, 0.717) is 0 Å². The Hall–Kier alpha value is -1.03. The van der Waals surface area contributed by atoms with Gasteiger partial charge in [0.1, 0.15) is 0 Å². The molecular formula is C8H11ClO4. The molecule has 0 fully saturated rings. The maximum atomic E-state index is 11.0. The van der Waals surface area contributed by atoms with Gasteiger partial charge < -0.3 is 9.47 Å². The summed E-state index contributed by atoms with van der Waals surface area (Å²) < 4.78 is 9.14. The number of hydrogen-bond acceptors (Lipinski definition) is 4. The lowest BCUT2D eigenvalue weighted by atomic mass is 10.3. The van der Waals surface area contributed by atoms with Gasteiger partial charge in [-0.3, -0.25) is 0 Å². The first-order valence-corrected chi connectivity index (χ1v) is 4.25. The van der Waals surface area contributed by atoms with Crippen LogP contribution in [0.5, 0.6) is 0 Å². The molecule has 0 atom stereocenters. The lowest BCUT2D eigenvalue weighted by Gasteiger charge is -2.04. The second kappa shape index (κ2) is 6.48. The van der Waals surface area contributed by atoms with Gasteiger partial charge in [-0.2, -0.15) is 0 Å². The number of rotatable bonds is 4. The zero-order valence-corrected chi connectivity index (χ0v) is 8.26. The van der Waals surface area contributed by atoms with Crippen LogP contribution in [0.2, 0.25) is 0 Å². The molecule has 0 aromatic heterocycles. The quantitative estimate of drug-likeness (QED) is 0.301. The van der Waals surface area contributed by atoms with Gasteiger partial charge in [0.25, 0.3) is 0 Å². The minimum absolute atomic E-state index is 0.187. The molecule has 0 spiro atoms. The molecule has 0 rings (SSSR count). The van der Waals surface area contributed by atoms with Crippen molar-refractivity contribution in [2.45, 2.75) is 13.8 Å². The van der Waals surface area contributed by atoms with Gasteiger partial charge in [0.2, 0.25) is 0 Å². The normalized spacial score (nSPS) is 8.85. The van der Waals surface area contributed by atoms with Crippen LogP contribution in [0.15, 0.2) is 11.1 Å². The molecular weight excluding hydrogens is 196 g/mol. The molecule has 0 aliphatic rings. The summed E-state index contributed by atoms with van der Waals surface area (Å²) in [5, 5.41) is 0. The Morgan fingerprint density at radius 3 is 1.77 bits per heavy atom. The highest BCUT2D eigenvalue weighted by Crippen LogP contribution is 2.03. The smallest absolute Gasteiger partial charge is 0.346 e. The first-order valence-electron chi connectivity index (χ1n) is 3.81. The lowest BCUT2D eigenvalue weighted by molar-refractivity contribution is -0.146. The molecule has 0 radical (unpaired) electrons. The Labute approximate surface area is 81.5 Å². The van der Waals surface area contributed by atoms with Crippen LogP contribution in [0.4, 0.5) is 0 Å². The van der Waals surface area contributed by atoms with Crippen molar-refractivity contribution < 1.29 is 19.1 Å². The topological polar surface area (TPSA) is 52.6 Å². The van der Waals surface area contributed by atoms with Crippen LogP contribution in [0.1, 0.15) is 13.8 Å². The van der Waals surface area contributed by atoms with E-state index in [1.165, 1.54) is 0 Å². The third-order valence-electron chi connectivity index (χ3n) is 1.10. The molecule has 0 aromatic carbocycles. The van der Waals surface area contributed by atoms with E-state index in [1.54, 1.807) is 13.8 Å². The highest BCUT2D eigenvalue weighted by Gasteiger charge is 2.19. The number of ether oxygens (including phenoxy) is 2. The fraction of sp³-hybridized carbons (Fsp3) is 0.500. The average Bonchev–Trinajstić information content (AvgIpc) is 2.06. The molecule has 74 valence electrons. The predicted octanol–water partition coefficient (Wildman–Crippen LogP) is 1.24. The molecule has 5 heteroatoms. The van der Waals surface area contributed by atoms with Gasteiger partial charge in [0.05, 0.1) is 13.2 Å². The Morgan fingerprint density at radius 1 is 1.15 bits per heavy atom. The SMILES string of the molecule is CCOC(=O)C(=CCl)C(=O)OCC. The first kappa shape index (κ1) is 12.0. The van der Waals surface area contributed by atoms with Gasteiger partial charge in [0, 0.05) is 5.54 Å². The highest BCUT2D eigenvalue weighted by molar-refractivity contribution is 6.31. The van der Waals surface area contributed by atoms with Gasteiger partial charge in [-0.05, 0) is 13.8 Å². The fourth-order valence-electron chi connectivity index (χ4n) is 0.590. The van der Waals surface area contributed by atoms with E-state index in [1.807, 2.05) is 0 Å². The Balaban J connectivity index is 4.35. The van der Waals surface area contributed by atoms with Crippen LogP contribution in [0, 0.1) is 0 Å². The summed E-state index contributed by atoms with van der Waals surface area (Å²) >= 11 is 5.27. The van der Waals surface area contributed by atoms with Crippen LogP contribution >= 0.6 is 11.6 Å². The fourth-order valence-corrected chi connectivity index (χ4v) is 0.768. The van der Waals surface area contributed by atoms with Crippen molar-refractivity contribution in [3.63, 3.8) is 0 Å². The third kappa shape index (κ3) is 3.94. The summed E-state index contributed by atoms with van der Waals surface area (Å²) in [6, 6.07) is 0. The minimum Gasteiger partial charge on any atom is -0.462 e. The van der Waals surface area contributed by atoms with Gasteiger partial charge in [-0.15, -0.1) is 0 Å². The number of hydrogen-bond donors (Lipinski definition) is 0. The molecule has 0 saturated carbocycles. The number of carbonyl (C=O) groups excluding carboxylic acids is 2. The van der Waals surface area contributed by atoms with E-state index in [2.05, 4.69) is 9.47 Å². The summed E-state index contributed by atoms with van der Waals surface area (Å²) in [5.74, 6) is -1.54. The van der Waals surface area contributed by atoms with Crippen molar-refractivity contribution >= 4 is 23.5 Å². The Kier molecular flexibility index (Phi) is 5.97. The van der Waals surface area contributed by atoms with Crippen LogP contribution in [0.3, 0.4) is 0 Å². The van der Waals surface area contributed by atoms with Crippen molar-refractivity contribution in [3.8, 4) is 0 Å². The molecule has 0 N–H and O–H groups in total. The van der Waals surface area contributed by atoms with E-state index in [4.69, 9.17) is 11.6 Å². The summed E-state index contributed by atoms with van der Waals surface area (Å²) in [5.41, 5.74) is 0.570. The zero-order valence-electron chi connectivity index (χ0n) is 7.50. The molecule has 0 aliphatic heterocycles. The molecule has 0 saturated heterocycles. The molecule has 0 amide bonds. The molecule has 0 aliphatic carbocycles. The third-order valence-corrected chi connectivity index (χ3v) is 1.32. The number of halogens is 1. The molecule has 13 heavy (non-hydrogen) atoms. The molecule has 0 unspecified atom stereocenters. The van der Waals surface area contributed by atoms with Crippen LogP contribution in [-0.4, -0.2) is 25.2 Å². The minimum atomic E-state index is -0.768. The van der Waals surface area contributed by atoms with E-state index >= 15 is 0 Å². The summed E-state index contributed by atoms with van der Waals surface area (Å²) in [4.78, 5) is 22.0. The number of esters is 2. The Bertz CT molecular complexity index is 202. The van der Waals surface area contributed by atoms with E-state index in [0.717, 1.165) is 5.54 Å². The van der Waals surface area contributed by atoms with Crippen molar-refractivity contribution in [3.05, 3.63) is 11.1 Å². The number of carbonyl (C=O) groups is 2. The standard InChI is InChI=1S/C8H11ClO4/c1-3-12-7(10)6(5-9)8(11)13-4-2/h5H,3-4H2,1-2H3. The highest BCUT2D eigenvalue weighted by atomic mass is 35.5. The van der Waals surface area contributed by atoms with Gasteiger partial charge in [-0.25, -0.2) is 9.59 Å². The average molecular weight is 207 g/mol. The second-order valence-corrected chi connectivity index (χ2v) is 2.18. The molecule has 0 bridgehead atoms. The Morgan fingerprint density at radius 2 is 1.54 bits per heavy atom. The van der Waals surface area contributed by atoms with Crippen molar-refractivity contribution in [2.24, 2.45) is 0 Å². The monoisotopic (exact) mass is 206 g/mol. The van der Waals surface area contributed by atoms with Gasteiger partial charge in [0.15, 0.2) is 5.57 Å².